The van der Waals surface area contributed by atoms with E-state index in [0.717, 1.165) is 17.5 Å². The van der Waals surface area contributed by atoms with Gasteiger partial charge in [0.05, 0.1) is 0 Å². The van der Waals surface area contributed by atoms with Crippen LogP contribution >= 0.6 is 0 Å². The summed E-state index contributed by atoms with van der Waals surface area (Å²) in [5, 5.41) is 0. The number of hydrogen-bond acceptors (Lipinski definition) is 2. The van der Waals surface area contributed by atoms with E-state index in [4.69, 9.17) is 4.74 Å². The lowest BCUT2D eigenvalue weighted by Gasteiger charge is -2.18. The number of hydrogen-bond donors (Lipinski definition) is 0. The van der Waals surface area contributed by atoms with Crippen molar-refractivity contribution in [3.63, 3.8) is 0 Å². The quantitative estimate of drug-likeness (QED) is 0.757. The van der Waals surface area contributed by atoms with E-state index < -0.39 is 6.10 Å². The normalized spacial score (nSPS) is 12.5. The molecule has 1 rings (SSSR count). The summed E-state index contributed by atoms with van der Waals surface area (Å²) < 4.78 is 18.6. The summed E-state index contributed by atoms with van der Waals surface area (Å²) in [7, 11) is 0. The molecular weight excluding hydrogens is 219 g/mol. The van der Waals surface area contributed by atoms with Crippen molar-refractivity contribution in [1.82, 2.24) is 0 Å². The van der Waals surface area contributed by atoms with Crippen molar-refractivity contribution in [2.45, 2.75) is 39.7 Å². The van der Waals surface area contributed by atoms with E-state index >= 15 is 0 Å². The van der Waals surface area contributed by atoms with Crippen molar-refractivity contribution < 1.29 is 13.9 Å². The van der Waals surface area contributed by atoms with Crippen molar-refractivity contribution in [2.75, 3.05) is 6.61 Å². The van der Waals surface area contributed by atoms with Gasteiger partial charge in [-0.1, -0.05) is 19.9 Å². The molecule has 2 nitrogen and oxygen atoms in total. The number of benzene rings is 1. The van der Waals surface area contributed by atoms with Gasteiger partial charge in [-0.15, -0.1) is 0 Å². The Morgan fingerprint density at radius 2 is 2.12 bits per heavy atom. The molecule has 0 bridgehead atoms. The van der Waals surface area contributed by atoms with Crippen LogP contribution < -0.4 is 0 Å². The third-order valence-corrected chi connectivity index (χ3v) is 2.64. The predicted molar refractivity (Wildman–Crippen MR) is 65.4 cm³/mol. The van der Waals surface area contributed by atoms with Crippen LogP contribution in [0.4, 0.5) is 4.39 Å². The van der Waals surface area contributed by atoms with Crippen molar-refractivity contribution in [3.8, 4) is 0 Å². The Kier molecular flexibility index (Phi) is 5.29. The number of carbonyl (C=O) groups is 1. The first kappa shape index (κ1) is 13.8. The molecule has 1 aromatic carbocycles. The van der Waals surface area contributed by atoms with Crippen LogP contribution in [0.2, 0.25) is 0 Å². The number of rotatable bonds is 6. The van der Waals surface area contributed by atoms with E-state index in [1.54, 1.807) is 13.0 Å². The molecule has 0 heterocycles. The molecule has 0 radical (unpaired) electrons. The smallest absolute Gasteiger partial charge is 0.165 e. The lowest BCUT2D eigenvalue weighted by Crippen LogP contribution is -2.17. The van der Waals surface area contributed by atoms with Crippen LogP contribution in [0.5, 0.6) is 0 Å². The average Bonchev–Trinajstić information content (AvgIpc) is 2.31. The summed E-state index contributed by atoms with van der Waals surface area (Å²) in [6, 6.07) is 4.44. The van der Waals surface area contributed by atoms with Gasteiger partial charge >= 0.3 is 0 Å². The Hall–Kier alpha value is -1.22. The predicted octanol–water partition coefficient (Wildman–Crippen LogP) is 3.58. The molecule has 0 saturated carbocycles. The molecule has 17 heavy (non-hydrogen) atoms. The highest BCUT2D eigenvalue weighted by Gasteiger charge is 2.21. The van der Waals surface area contributed by atoms with Gasteiger partial charge in [-0.2, -0.15) is 0 Å². The summed E-state index contributed by atoms with van der Waals surface area (Å²) in [6.07, 6.45) is 0.722. The number of Topliss-reactive ketones (excluding diaryl/α,β-unsaturated/α-hetero) is 1. The van der Waals surface area contributed by atoms with E-state index in [1.807, 2.05) is 13.8 Å². The maximum atomic E-state index is 13.0. The summed E-state index contributed by atoms with van der Waals surface area (Å²) in [5.41, 5.74) is 1.53. The monoisotopic (exact) mass is 238 g/mol. The van der Waals surface area contributed by atoms with Gasteiger partial charge in [0, 0.05) is 13.0 Å². The third-order valence-electron chi connectivity index (χ3n) is 2.64. The Labute approximate surface area is 102 Å². The number of aryl methyl sites for hydroxylation is 1. The topological polar surface area (TPSA) is 26.3 Å². The number of carbonyl (C=O) groups excluding carboxylic acids is 1. The molecule has 94 valence electrons. The molecular formula is C14H19FO2. The van der Waals surface area contributed by atoms with Crippen molar-refractivity contribution in [2.24, 2.45) is 0 Å². The molecule has 0 spiro atoms. The first-order valence-corrected chi connectivity index (χ1v) is 6.00. The maximum Gasteiger partial charge on any atom is 0.165 e. The van der Waals surface area contributed by atoms with E-state index in [0.29, 0.717) is 13.0 Å². The van der Waals surface area contributed by atoms with Crippen LogP contribution in [-0.2, 0) is 9.53 Å². The molecule has 3 heteroatoms. The molecule has 1 atom stereocenters. The van der Waals surface area contributed by atoms with E-state index in [2.05, 4.69) is 0 Å². The Morgan fingerprint density at radius 1 is 1.41 bits per heavy atom. The van der Waals surface area contributed by atoms with E-state index in [-0.39, 0.29) is 11.6 Å². The van der Waals surface area contributed by atoms with E-state index in [9.17, 15) is 9.18 Å². The van der Waals surface area contributed by atoms with Gasteiger partial charge in [-0.25, -0.2) is 4.39 Å². The van der Waals surface area contributed by atoms with Gasteiger partial charge < -0.3 is 4.74 Å². The minimum Gasteiger partial charge on any atom is -0.366 e. The third kappa shape index (κ3) is 3.63. The zero-order valence-electron chi connectivity index (χ0n) is 10.6. The molecule has 0 aliphatic heterocycles. The molecule has 0 aromatic heterocycles. The van der Waals surface area contributed by atoms with Gasteiger partial charge in [-0.3, -0.25) is 4.79 Å². The molecule has 0 saturated heterocycles. The van der Waals surface area contributed by atoms with Gasteiger partial charge in [0.1, 0.15) is 11.9 Å². The largest absolute Gasteiger partial charge is 0.366 e. The molecule has 0 N–H and O–H groups in total. The molecule has 0 amide bonds. The summed E-state index contributed by atoms with van der Waals surface area (Å²) in [6.45, 7) is 6.13. The molecule has 0 aliphatic rings. The van der Waals surface area contributed by atoms with Crippen LogP contribution in [0.15, 0.2) is 18.2 Å². The highest BCUT2D eigenvalue weighted by molar-refractivity contribution is 5.84. The van der Waals surface area contributed by atoms with Gasteiger partial charge in [-0.05, 0) is 36.6 Å². The maximum absolute atomic E-state index is 13.0. The zero-order valence-corrected chi connectivity index (χ0v) is 10.6. The number of ether oxygens (including phenoxy) is 1. The van der Waals surface area contributed by atoms with Gasteiger partial charge in [0.15, 0.2) is 5.78 Å². The second-order valence-electron chi connectivity index (χ2n) is 4.07. The molecule has 0 fully saturated rings. The number of halogens is 1. The minimum atomic E-state index is -0.555. The first-order chi connectivity index (χ1) is 8.10. The molecule has 0 aliphatic carbocycles. The van der Waals surface area contributed by atoms with E-state index in [1.165, 1.54) is 12.1 Å². The van der Waals surface area contributed by atoms with Crippen LogP contribution in [0.25, 0.3) is 0 Å². The highest BCUT2D eigenvalue weighted by Crippen LogP contribution is 2.24. The first-order valence-electron chi connectivity index (χ1n) is 6.00. The SMILES string of the molecule is CCCOC(C(=O)CC)c1ccc(F)cc1C. The zero-order chi connectivity index (χ0) is 12.8. The lowest BCUT2D eigenvalue weighted by molar-refractivity contribution is -0.130. The van der Waals surface area contributed by atoms with Crippen molar-refractivity contribution in [1.29, 1.82) is 0 Å². The Bertz CT molecular complexity index is 388. The van der Waals surface area contributed by atoms with Crippen LogP contribution in [0.1, 0.15) is 43.9 Å². The average molecular weight is 238 g/mol. The standard InChI is InChI=1S/C14H19FO2/c1-4-8-17-14(13(16)5-2)12-7-6-11(15)9-10(12)3/h6-7,9,14H,4-5,8H2,1-3H3. The summed E-state index contributed by atoms with van der Waals surface area (Å²) in [5.74, 6) is -0.252. The van der Waals surface area contributed by atoms with Crippen LogP contribution in [0, 0.1) is 12.7 Å². The Morgan fingerprint density at radius 3 is 2.65 bits per heavy atom. The minimum absolute atomic E-state index is 0.0353. The second kappa shape index (κ2) is 6.50. The van der Waals surface area contributed by atoms with Crippen molar-refractivity contribution in [3.05, 3.63) is 35.1 Å². The highest BCUT2D eigenvalue weighted by atomic mass is 19.1. The fourth-order valence-corrected chi connectivity index (χ4v) is 1.71. The second-order valence-corrected chi connectivity index (χ2v) is 4.07. The van der Waals surface area contributed by atoms with Crippen LogP contribution in [-0.4, -0.2) is 12.4 Å². The lowest BCUT2D eigenvalue weighted by atomic mass is 9.99. The fraction of sp³-hybridized carbons (Fsp3) is 0.500. The molecule has 1 unspecified atom stereocenters. The molecule has 1 aromatic rings. The van der Waals surface area contributed by atoms with Crippen molar-refractivity contribution >= 4 is 5.78 Å². The van der Waals surface area contributed by atoms with Gasteiger partial charge in [0.25, 0.3) is 0 Å². The summed E-state index contributed by atoms with van der Waals surface area (Å²) >= 11 is 0. The Balaban J connectivity index is 2.99. The van der Waals surface area contributed by atoms with Crippen LogP contribution in [0.3, 0.4) is 0 Å². The fourth-order valence-electron chi connectivity index (χ4n) is 1.71. The summed E-state index contributed by atoms with van der Waals surface area (Å²) in [4.78, 5) is 11.8. The van der Waals surface area contributed by atoms with Gasteiger partial charge in [0.2, 0.25) is 0 Å². The number of ketones is 1.